The Morgan fingerprint density at radius 1 is 0.909 bits per heavy atom. The summed E-state index contributed by atoms with van der Waals surface area (Å²) >= 11 is 0. The predicted octanol–water partition coefficient (Wildman–Crippen LogP) is 2.56. The van der Waals surface area contributed by atoms with Gasteiger partial charge in [-0.15, -0.1) is 0 Å². The van der Waals surface area contributed by atoms with E-state index in [-0.39, 0.29) is 11.8 Å². The Balaban J connectivity index is 1.73. The van der Waals surface area contributed by atoms with Crippen LogP contribution in [0.2, 0.25) is 0 Å². The minimum absolute atomic E-state index is 0.0724. The molecule has 0 aromatic heterocycles. The molecule has 2 N–H and O–H groups in total. The minimum atomic E-state index is -0.975. The highest BCUT2D eigenvalue weighted by Gasteiger charge is 2.67. The average molecular weight is 292 g/mol. The third-order valence-corrected chi connectivity index (χ3v) is 6.04. The van der Waals surface area contributed by atoms with Gasteiger partial charge in [-0.3, -0.25) is 4.79 Å². The maximum atomic E-state index is 11.3. The first-order valence-electron chi connectivity index (χ1n) is 7.74. The number of benzene rings is 2. The van der Waals surface area contributed by atoms with E-state index in [1.165, 1.54) is 0 Å². The Morgan fingerprint density at radius 3 is 2.41 bits per heavy atom. The highest BCUT2D eigenvalue weighted by atomic mass is 16.3. The molecule has 0 aliphatic heterocycles. The monoisotopic (exact) mass is 292 g/mol. The van der Waals surface area contributed by atoms with Crippen molar-refractivity contribution < 1.29 is 15.0 Å². The van der Waals surface area contributed by atoms with Gasteiger partial charge in [-0.25, -0.2) is 0 Å². The zero-order chi connectivity index (χ0) is 15.1. The minimum Gasteiger partial charge on any atom is -0.384 e. The lowest BCUT2D eigenvalue weighted by Crippen LogP contribution is -2.61. The fourth-order valence-corrected chi connectivity index (χ4v) is 5.15. The fourth-order valence-electron chi connectivity index (χ4n) is 5.15. The van der Waals surface area contributed by atoms with Crippen LogP contribution in [0.1, 0.15) is 57.3 Å². The summed E-state index contributed by atoms with van der Waals surface area (Å²) in [7, 11) is 0. The van der Waals surface area contributed by atoms with Crippen LogP contribution in [-0.2, 0) is 11.2 Å². The second kappa shape index (κ2) is 3.67. The number of hydrogen-bond acceptors (Lipinski definition) is 3. The Morgan fingerprint density at radius 2 is 1.59 bits per heavy atom. The van der Waals surface area contributed by atoms with Crippen LogP contribution in [0.4, 0.5) is 0 Å². The first-order valence-corrected chi connectivity index (χ1v) is 7.74. The molecule has 3 nitrogen and oxygen atoms in total. The lowest BCUT2D eigenvalue weighted by Gasteiger charge is -2.64. The second-order valence-corrected chi connectivity index (χ2v) is 6.82. The maximum Gasteiger partial charge on any atom is 0.150 e. The van der Waals surface area contributed by atoms with E-state index in [4.69, 9.17) is 0 Å². The summed E-state index contributed by atoms with van der Waals surface area (Å²) < 4.78 is 0. The molecule has 110 valence electrons. The van der Waals surface area contributed by atoms with Crippen LogP contribution in [0, 0.1) is 0 Å². The zero-order valence-corrected chi connectivity index (χ0v) is 12.0. The van der Waals surface area contributed by atoms with Crippen molar-refractivity contribution in [1.29, 1.82) is 0 Å². The van der Waals surface area contributed by atoms with Gasteiger partial charge in [0.25, 0.3) is 0 Å². The van der Waals surface area contributed by atoms with Crippen LogP contribution in [0.15, 0.2) is 42.5 Å². The third-order valence-electron chi connectivity index (χ3n) is 6.04. The van der Waals surface area contributed by atoms with Crippen LogP contribution >= 0.6 is 0 Å². The Kier molecular flexibility index (Phi) is 2.10. The van der Waals surface area contributed by atoms with Gasteiger partial charge in [0.05, 0.1) is 11.2 Å². The molecule has 1 saturated carbocycles. The summed E-state index contributed by atoms with van der Waals surface area (Å²) in [6.45, 7) is 0. The summed E-state index contributed by atoms with van der Waals surface area (Å²) in [4.78, 5) is 11.3. The summed E-state index contributed by atoms with van der Waals surface area (Å²) in [6.07, 6.45) is 1.85. The molecular weight excluding hydrogens is 276 g/mol. The zero-order valence-electron chi connectivity index (χ0n) is 12.0. The molecule has 0 amide bonds. The van der Waals surface area contributed by atoms with Crippen molar-refractivity contribution in [2.75, 3.05) is 0 Å². The molecule has 3 aliphatic rings. The van der Waals surface area contributed by atoms with Crippen molar-refractivity contribution in [3.8, 4) is 0 Å². The van der Waals surface area contributed by atoms with Crippen LogP contribution in [0.5, 0.6) is 0 Å². The van der Waals surface area contributed by atoms with E-state index in [0.29, 0.717) is 18.4 Å². The molecule has 2 aromatic carbocycles. The number of aliphatic hydroxyl groups is 2. The van der Waals surface area contributed by atoms with Crippen molar-refractivity contribution in [3.63, 3.8) is 0 Å². The summed E-state index contributed by atoms with van der Waals surface area (Å²) in [6, 6.07) is 13.6. The number of hydrogen-bond donors (Lipinski definition) is 2. The molecule has 3 aliphatic carbocycles. The van der Waals surface area contributed by atoms with E-state index in [1.54, 1.807) is 6.07 Å². The lowest BCUT2D eigenvalue weighted by atomic mass is 9.43. The van der Waals surface area contributed by atoms with Crippen molar-refractivity contribution in [2.24, 2.45) is 0 Å². The van der Waals surface area contributed by atoms with Gasteiger partial charge in [0.2, 0.25) is 0 Å². The third kappa shape index (κ3) is 1.13. The number of rotatable bonds is 1. The number of aldehydes is 1. The Hall–Kier alpha value is -1.97. The van der Waals surface area contributed by atoms with Crippen LogP contribution in [0.25, 0.3) is 0 Å². The van der Waals surface area contributed by atoms with E-state index in [0.717, 1.165) is 28.5 Å². The fraction of sp³-hybridized carbons (Fsp3) is 0.316. The molecule has 22 heavy (non-hydrogen) atoms. The Labute approximate surface area is 128 Å². The van der Waals surface area contributed by atoms with E-state index < -0.39 is 11.2 Å². The SMILES string of the molecule is O=Cc1cccc2c1C1(O)CC[C@]3(O)c4ccccc4[C@@H]3C21. The molecule has 0 spiro atoms. The molecule has 4 atom stereocenters. The summed E-state index contributed by atoms with van der Waals surface area (Å²) in [5.41, 5.74) is 2.71. The van der Waals surface area contributed by atoms with Gasteiger partial charge in [-0.2, -0.15) is 0 Å². The van der Waals surface area contributed by atoms with Crippen molar-refractivity contribution >= 4 is 6.29 Å². The molecule has 0 bridgehead atoms. The van der Waals surface area contributed by atoms with Gasteiger partial charge >= 0.3 is 0 Å². The van der Waals surface area contributed by atoms with Crippen molar-refractivity contribution in [1.82, 2.24) is 0 Å². The smallest absolute Gasteiger partial charge is 0.150 e. The normalized spacial score (nSPS) is 36.8. The molecule has 1 fully saturated rings. The van der Waals surface area contributed by atoms with Gasteiger partial charge < -0.3 is 10.2 Å². The Bertz CT molecular complexity index is 827. The van der Waals surface area contributed by atoms with E-state index in [9.17, 15) is 15.0 Å². The van der Waals surface area contributed by atoms with Crippen LogP contribution < -0.4 is 0 Å². The summed E-state index contributed by atoms with van der Waals surface area (Å²) in [5.74, 6) is -0.187. The standard InChI is InChI=1S/C19H16O3/c20-10-11-4-3-6-13-15(11)19(22)9-8-18(21)14-7-2-1-5-12(14)16(18)17(13)19/h1-7,10,16-17,21-22H,8-9H2/t16-,17?,18+,19?/m1/s1. The molecule has 2 unspecified atom stereocenters. The summed E-state index contributed by atoms with van der Waals surface area (Å²) in [5, 5.41) is 22.3. The lowest BCUT2D eigenvalue weighted by molar-refractivity contribution is -0.155. The predicted molar refractivity (Wildman–Crippen MR) is 80.8 cm³/mol. The maximum absolute atomic E-state index is 11.3. The second-order valence-electron chi connectivity index (χ2n) is 6.82. The van der Waals surface area contributed by atoms with Crippen LogP contribution in [0.3, 0.4) is 0 Å². The first-order chi connectivity index (χ1) is 10.6. The molecule has 0 saturated heterocycles. The highest BCUT2D eigenvalue weighted by Crippen LogP contribution is 2.72. The van der Waals surface area contributed by atoms with E-state index in [1.807, 2.05) is 36.4 Å². The van der Waals surface area contributed by atoms with Crippen molar-refractivity contribution in [2.45, 2.75) is 35.9 Å². The molecule has 2 aromatic rings. The van der Waals surface area contributed by atoms with E-state index in [2.05, 4.69) is 0 Å². The molecule has 5 rings (SSSR count). The van der Waals surface area contributed by atoms with Gasteiger partial charge in [-0.05, 0) is 35.1 Å². The van der Waals surface area contributed by atoms with Crippen molar-refractivity contribution in [3.05, 3.63) is 70.3 Å². The van der Waals surface area contributed by atoms with Gasteiger partial charge in [0.15, 0.2) is 0 Å². The molecule has 3 heteroatoms. The average Bonchev–Trinajstić information content (AvgIpc) is 2.55. The number of carbonyl (C=O) groups excluding carboxylic acids is 1. The first kappa shape index (κ1) is 12.6. The van der Waals surface area contributed by atoms with Crippen LogP contribution in [-0.4, -0.2) is 16.5 Å². The van der Waals surface area contributed by atoms with E-state index >= 15 is 0 Å². The van der Waals surface area contributed by atoms with Gasteiger partial charge in [0, 0.05) is 17.4 Å². The molecule has 0 heterocycles. The number of carbonyl (C=O) groups is 1. The molecule has 0 radical (unpaired) electrons. The number of fused-ring (bicyclic) bond motifs is 9. The van der Waals surface area contributed by atoms with Gasteiger partial charge in [-0.1, -0.05) is 42.5 Å². The topological polar surface area (TPSA) is 57.5 Å². The highest BCUT2D eigenvalue weighted by molar-refractivity contribution is 5.81. The molecular formula is C19H16O3. The van der Waals surface area contributed by atoms with Gasteiger partial charge in [0.1, 0.15) is 6.29 Å². The largest absolute Gasteiger partial charge is 0.384 e. The quantitative estimate of drug-likeness (QED) is 0.794.